The third-order valence-corrected chi connectivity index (χ3v) is 3.38. The molecule has 2 aromatic carbocycles. The monoisotopic (exact) mass is 293 g/mol. The van der Waals surface area contributed by atoms with Gasteiger partial charge in [0.25, 0.3) is 5.91 Å². The van der Waals surface area contributed by atoms with Crippen LogP contribution in [-0.2, 0) is 0 Å². The van der Waals surface area contributed by atoms with Gasteiger partial charge in [-0.25, -0.2) is 4.68 Å². The van der Waals surface area contributed by atoms with Crippen molar-refractivity contribution in [1.29, 1.82) is 0 Å². The fourth-order valence-electron chi connectivity index (χ4n) is 2.11. The van der Waals surface area contributed by atoms with Crippen LogP contribution in [0.25, 0.3) is 5.69 Å². The first kappa shape index (κ1) is 13.9. The predicted octanol–water partition coefficient (Wildman–Crippen LogP) is 2.53. The number of nitrogens with zero attached hydrogens (tertiary/aromatic N) is 4. The van der Waals surface area contributed by atoms with Crippen molar-refractivity contribution in [3.8, 4) is 5.69 Å². The molecule has 0 bridgehead atoms. The van der Waals surface area contributed by atoms with E-state index in [0.29, 0.717) is 11.3 Å². The number of anilines is 1. The molecule has 3 rings (SSSR count). The van der Waals surface area contributed by atoms with Crippen molar-refractivity contribution in [1.82, 2.24) is 20.2 Å². The Hall–Kier alpha value is -3.02. The smallest absolute Gasteiger partial charge is 0.255 e. The van der Waals surface area contributed by atoms with Gasteiger partial charge in [0.05, 0.1) is 5.69 Å². The van der Waals surface area contributed by atoms with E-state index in [1.165, 1.54) is 6.33 Å². The number of hydrogen-bond acceptors (Lipinski definition) is 4. The van der Waals surface area contributed by atoms with Crippen molar-refractivity contribution in [2.24, 2.45) is 0 Å². The van der Waals surface area contributed by atoms with Crippen LogP contribution in [0.1, 0.15) is 21.5 Å². The molecule has 1 heterocycles. The van der Waals surface area contributed by atoms with Crippen LogP contribution in [0.4, 0.5) is 5.69 Å². The highest BCUT2D eigenvalue weighted by atomic mass is 16.1. The van der Waals surface area contributed by atoms with E-state index in [1.54, 1.807) is 16.8 Å². The predicted molar refractivity (Wildman–Crippen MR) is 83.0 cm³/mol. The Morgan fingerprint density at radius 1 is 1.09 bits per heavy atom. The zero-order valence-corrected chi connectivity index (χ0v) is 12.3. The van der Waals surface area contributed by atoms with Crippen LogP contribution >= 0.6 is 0 Å². The highest BCUT2D eigenvalue weighted by molar-refractivity contribution is 6.04. The van der Waals surface area contributed by atoms with Gasteiger partial charge in [-0.3, -0.25) is 4.79 Å². The number of carbonyl (C=O) groups excluding carboxylic acids is 1. The first-order valence-corrected chi connectivity index (χ1v) is 6.85. The van der Waals surface area contributed by atoms with Gasteiger partial charge >= 0.3 is 0 Å². The van der Waals surface area contributed by atoms with Crippen molar-refractivity contribution in [3.05, 3.63) is 65.5 Å². The normalized spacial score (nSPS) is 10.5. The molecule has 6 heteroatoms. The molecular weight excluding hydrogens is 278 g/mol. The molecule has 0 atom stereocenters. The molecule has 1 N–H and O–H groups in total. The Labute approximate surface area is 127 Å². The first-order chi connectivity index (χ1) is 10.6. The van der Waals surface area contributed by atoms with E-state index in [1.807, 2.05) is 44.2 Å². The number of benzene rings is 2. The number of hydrogen-bond donors (Lipinski definition) is 1. The number of nitrogens with one attached hydrogen (secondary N) is 1. The number of amides is 1. The highest BCUT2D eigenvalue weighted by Crippen LogP contribution is 2.19. The topological polar surface area (TPSA) is 72.7 Å². The Morgan fingerprint density at radius 2 is 1.86 bits per heavy atom. The van der Waals surface area contributed by atoms with Gasteiger partial charge < -0.3 is 5.32 Å². The number of carbonyl (C=O) groups is 1. The van der Waals surface area contributed by atoms with Gasteiger partial charge in [-0.05, 0) is 54.1 Å². The number of rotatable bonds is 3. The van der Waals surface area contributed by atoms with Crippen molar-refractivity contribution in [3.63, 3.8) is 0 Å². The molecular formula is C16H15N5O. The van der Waals surface area contributed by atoms with Gasteiger partial charge in [-0.2, -0.15) is 0 Å². The maximum Gasteiger partial charge on any atom is 0.255 e. The quantitative estimate of drug-likeness (QED) is 0.805. The molecule has 0 spiro atoms. The molecule has 0 fully saturated rings. The van der Waals surface area contributed by atoms with Crippen LogP contribution < -0.4 is 5.32 Å². The number of tetrazole rings is 1. The van der Waals surface area contributed by atoms with E-state index < -0.39 is 0 Å². The summed E-state index contributed by atoms with van der Waals surface area (Å²) in [7, 11) is 0. The fourth-order valence-corrected chi connectivity index (χ4v) is 2.11. The third-order valence-electron chi connectivity index (χ3n) is 3.38. The fraction of sp³-hybridized carbons (Fsp3) is 0.125. The second-order valence-electron chi connectivity index (χ2n) is 5.08. The molecule has 0 radical (unpaired) electrons. The molecule has 3 aromatic rings. The zero-order chi connectivity index (χ0) is 15.5. The van der Waals surface area contributed by atoms with Crippen LogP contribution in [0, 0.1) is 13.8 Å². The lowest BCUT2D eigenvalue weighted by molar-refractivity contribution is 0.102. The van der Waals surface area contributed by atoms with E-state index in [2.05, 4.69) is 20.8 Å². The second-order valence-corrected chi connectivity index (χ2v) is 5.08. The van der Waals surface area contributed by atoms with Gasteiger partial charge in [0.1, 0.15) is 6.33 Å². The minimum Gasteiger partial charge on any atom is -0.322 e. The minimum atomic E-state index is -0.147. The number of aromatic nitrogens is 4. The van der Waals surface area contributed by atoms with Crippen molar-refractivity contribution in [2.45, 2.75) is 13.8 Å². The molecule has 1 amide bonds. The number of aryl methyl sites for hydroxylation is 2. The molecule has 0 unspecified atom stereocenters. The van der Waals surface area contributed by atoms with Crippen LogP contribution in [0.5, 0.6) is 0 Å². The summed E-state index contributed by atoms with van der Waals surface area (Å²) >= 11 is 0. The van der Waals surface area contributed by atoms with E-state index in [-0.39, 0.29) is 5.91 Å². The van der Waals surface area contributed by atoms with Crippen LogP contribution in [0.15, 0.2) is 48.8 Å². The third kappa shape index (κ3) is 2.85. The van der Waals surface area contributed by atoms with Gasteiger partial charge in [0.2, 0.25) is 0 Å². The summed E-state index contributed by atoms with van der Waals surface area (Å²) in [5, 5.41) is 14.0. The maximum atomic E-state index is 12.2. The molecule has 22 heavy (non-hydrogen) atoms. The summed E-state index contributed by atoms with van der Waals surface area (Å²) in [5.41, 5.74) is 4.28. The van der Waals surface area contributed by atoms with E-state index in [4.69, 9.17) is 0 Å². The van der Waals surface area contributed by atoms with Gasteiger partial charge in [-0.15, -0.1) is 5.10 Å². The Bertz CT molecular complexity index is 794. The summed E-state index contributed by atoms with van der Waals surface area (Å²) in [6, 6.07) is 13.1. The molecule has 0 aliphatic rings. The lowest BCUT2D eigenvalue weighted by Gasteiger charge is -2.09. The van der Waals surface area contributed by atoms with Crippen LogP contribution in [0.3, 0.4) is 0 Å². The summed E-state index contributed by atoms with van der Waals surface area (Å²) in [4.78, 5) is 12.2. The van der Waals surface area contributed by atoms with Crippen LogP contribution in [-0.4, -0.2) is 26.1 Å². The van der Waals surface area contributed by atoms with E-state index in [0.717, 1.165) is 16.8 Å². The minimum absolute atomic E-state index is 0.147. The van der Waals surface area contributed by atoms with Gasteiger partial charge in [0.15, 0.2) is 0 Å². The summed E-state index contributed by atoms with van der Waals surface area (Å²) < 4.78 is 1.57. The molecule has 110 valence electrons. The molecule has 0 saturated carbocycles. The summed E-state index contributed by atoms with van der Waals surface area (Å²) in [6.07, 6.45) is 1.52. The largest absolute Gasteiger partial charge is 0.322 e. The SMILES string of the molecule is Cc1ccc(C(=O)Nc2ccc(C)c(-n3cnnn3)c2)cc1. The second kappa shape index (κ2) is 5.77. The van der Waals surface area contributed by atoms with Gasteiger partial charge in [-0.1, -0.05) is 23.8 Å². The molecule has 6 nitrogen and oxygen atoms in total. The first-order valence-electron chi connectivity index (χ1n) is 6.85. The molecule has 0 aliphatic carbocycles. The summed E-state index contributed by atoms with van der Waals surface area (Å²) in [6.45, 7) is 3.95. The Kier molecular flexibility index (Phi) is 3.65. The molecule has 1 aromatic heterocycles. The Morgan fingerprint density at radius 3 is 2.55 bits per heavy atom. The Balaban J connectivity index is 1.85. The van der Waals surface area contributed by atoms with E-state index >= 15 is 0 Å². The average Bonchev–Trinajstić information content (AvgIpc) is 3.04. The maximum absolute atomic E-state index is 12.2. The van der Waals surface area contributed by atoms with Gasteiger partial charge in [0, 0.05) is 11.3 Å². The van der Waals surface area contributed by atoms with Crippen molar-refractivity contribution < 1.29 is 4.79 Å². The lowest BCUT2D eigenvalue weighted by atomic mass is 10.1. The standard InChI is InChI=1S/C16H15N5O/c1-11-3-6-13(7-4-11)16(22)18-14-8-5-12(2)15(9-14)21-10-17-19-20-21/h3-10H,1-2H3,(H,18,22). The zero-order valence-electron chi connectivity index (χ0n) is 12.3. The van der Waals surface area contributed by atoms with Crippen molar-refractivity contribution in [2.75, 3.05) is 5.32 Å². The molecule has 0 saturated heterocycles. The van der Waals surface area contributed by atoms with Crippen LogP contribution in [0.2, 0.25) is 0 Å². The molecule has 0 aliphatic heterocycles. The average molecular weight is 293 g/mol. The highest BCUT2D eigenvalue weighted by Gasteiger charge is 2.08. The van der Waals surface area contributed by atoms with E-state index in [9.17, 15) is 4.79 Å². The summed E-state index contributed by atoms with van der Waals surface area (Å²) in [5.74, 6) is -0.147. The van der Waals surface area contributed by atoms with Crippen molar-refractivity contribution >= 4 is 11.6 Å². The lowest BCUT2D eigenvalue weighted by Crippen LogP contribution is -2.12.